The normalized spacial score (nSPS) is 24.6. The van der Waals surface area contributed by atoms with Crippen molar-refractivity contribution in [1.82, 2.24) is 24.1 Å². The molecule has 0 N–H and O–H groups in total. The molecule has 6 heteroatoms. The van der Waals surface area contributed by atoms with E-state index in [4.69, 9.17) is 5.10 Å². The Kier molecular flexibility index (Phi) is 4.21. The number of hydrogen-bond donors (Lipinski definition) is 0. The van der Waals surface area contributed by atoms with Crippen LogP contribution in [0, 0.1) is 5.92 Å². The van der Waals surface area contributed by atoms with Crippen LogP contribution in [0.5, 0.6) is 0 Å². The van der Waals surface area contributed by atoms with E-state index in [1.807, 2.05) is 16.8 Å². The number of nitrogens with zero attached hydrogens (tertiary/aromatic N) is 5. The molecule has 2 saturated carbocycles. The topological polar surface area (TPSA) is 65.1 Å². The van der Waals surface area contributed by atoms with Crippen LogP contribution in [0.2, 0.25) is 0 Å². The predicted octanol–water partition coefficient (Wildman–Crippen LogP) is 4.24. The third-order valence-electron chi connectivity index (χ3n) is 6.67. The summed E-state index contributed by atoms with van der Waals surface area (Å²) in [7, 11) is 0. The fourth-order valence-electron chi connectivity index (χ4n) is 5.05. The zero-order valence-electron chi connectivity index (χ0n) is 16.0. The summed E-state index contributed by atoms with van der Waals surface area (Å²) < 4.78 is 3.70. The highest BCUT2D eigenvalue weighted by Crippen LogP contribution is 2.33. The van der Waals surface area contributed by atoms with Crippen LogP contribution in [-0.4, -0.2) is 24.1 Å². The van der Waals surface area contributed by atoms with Crippen molar-refractivity contribution in [3.63, 3.8) is 0 Å². The quantitative estimate of drug-likeness (QED) is 0.681. The third kappa shape index (κ3) is 2.86. The minimum absolute atomic E-state index is 0.0513. The second-order valence-corrected chi connectivity index (χ2v) is 8.43. The van der Waals surface area contributed by atoms with Crippen molar-refractivity contribution in [2.75, 3.05) is 0 Å². The summed E-state index contributed by atoms with van der Waals surface area (Å²) in [5.41, 5.74) is 0.870. The van der Waals surface area contributed by atoms with Gasteiger partial charge in [-0.05, 0) is 37.7 Å². The van der Waals surface area contributed by atoms with Crippen LogP contribution in [0.1, 0.15) is 82.5 Å². The maximum atomic E-state index is 13.2. The summed E-state index contributed by atoms with van der Waals surface area (Å²) in [6.45, 7) is 2.26. The molecule has 142 valence electrons. The molecule has 0 amide bonds. The molecule has 0 bridgehead atoms. The Balaban J connectivity index is 1.60. The van der Waals surface area contributed by atoms with E-state index in [2.05, 4.69) is 16.9 Å². The van der Waals surface area contributed by atoms with Gasteiger partial charge < -0.3 is 4.57 Å². The van der Waals surface area contributed by atoms with Crippen molar-refractivity contribution >= 4 is 16.7 Å². The zero-order chi connectivity index (χ0) is 18.4. The van der Waals surface area contributed by atoms with Gasteiger partial charge in [-0.3, -0.25) is 4.79 Å². The van der Waals surface area contributed by atoms with Crippen LogP contribution in [0.25, 0.3) is 16.7 Å². The summed E-state index contributed by atoms with van der Waals surface area (Å²) in [5.74, 6) is 2.46. The second-order valence-electron chi connectivity index (χ2n) is 8.43. The summed E-state index contributed by atoms with van der Waals surface area (Å²) in [6.07, 6.45) is 14.5. The number of fused-ring (bicyclic) bond motifs is 3. The molecule has 2 aliphatic carbocycles. The molecule has 0 aromatic carbocycles. The predicted molar refractivity (Wildman–Crippen MR) is 105 cm³/mol. The average Bonchev–Trinajstić information content (AvgIpc) is 3.14. The molecule has 6 nitrogen and oxygen atoms in total. The first-order valence-corrected chi connectivity index (χ1v) is 10.5. The van der Waals surface area contributed by atoms with E-state index >= 15 is 0 Å². The fourth-order valence-corrected chi connectivity index (χ4v) is 5.05. The summed E-state index contributed by atoms with van der Waals surface area (Å²) >= 11 is 0. The summed E-state index contributed by atoms with van der Waals surface area (Å²) in [6, 6.07) is 2.31. The first-order valence-electron chi connectivity index (χ1n) is 10.5. The standard InChI is InChI=1S/C21H27N5O/c1-14-7-5-6-10-17(14)25-12-11-18-16(20(25)27)13-22-21-23-19(24-26(18)21)15-8-3-2-4-9-15/h11-15,17H,2-10H2,1H3. The first kappa shape index (κ1) is 16.9. The molecule has 0 saturated heterocycles. The minimum atomic E-state index is 0.0513. The molecule has 2 atom stereocenters. The molecule has 2 fully saturated rings. The highest BCUT2D eigenvalue weighted by Gasteiger charge is 2.25. The number of hydrogen-bond acceptors (Lipinski definition) is 4. The molecule has 27 heavy (non-hydrogen) atoms. The van der Waals surface area contributed by atoms with Crippen molar-refractivity contribution in [2.45, 2.75) is 76.7 Å². The molecule has 0 aliphatic heterocycles. The second kappa shape index (κ2) is 6.73. The van der Waals surface area contributed by atoms with Crippen molar-refractivity contribution in [1.29, 1.82) is 0 Å². The Morgan fingerprint density at radius 3 is 2.63 bits per heavy atom. The molecule has 2 unspecified atom stereocenters. The highest BCUT2D eigenvalue weighted by atomic mass is 16.1. The lowest BCUT2D eigenvalue weighted by molar-refractivity contribution is 0.253. The van der Waals surface area contributed by atoms with Crippen molar-refractivity contribution in [2.24, 2.45) is 5.92 Å². The van der Waals surface area contributed by atoms with Gasteiger partial charge in [0.25, 0.3) is 11.3 Å². The molecule has 5 rings (SSSR count). The van der Waals surface area contributed by atoms with E-state index in [0.29, 0.717) is 29.0 Å². The smallest absolute Gasteiger partial charge is 0.261 e. The minimum Gasteiger partial charge on any atom is -0.312 e. The third-order valence-corrected chi connectivity index (χ3v) is 6.67. The Hall–Kier alpha value is -2.24. The van der Waals surface area contributed by atoms with Gasteiger partial charge in [0.15, 0.2) is 5.82 Å². The lowest BCUT2D eigenvalue weighted by Gasteiger charge is -2.30. The molecule has 3 heterocycles. The Morgan fingerprint density at radius 2 is 1.81 bits per heavy atom. The van der Waals surface area contributed by atoms with Crippen molar-refractivity contribution in [3.05, 3.63) is 34.6 Å². The van der Waals surface area contributed by atoms with Gasteiger partial charge in [-0.25, -0.2) is 4.98 Å². The monoisotopic (exact) mass is 365 g/mol. The van der Waals surface area contributed by atoms with Gasteiger partial charge in [0.1, 0.15) is 0 Å². The Bertz CT molecular complexity index is 1030. The maximum absolute atomic E-state index is 13.2. The highest BCUT2D eigenvalue weighted by molar-refractivity contribution is 5.78. The Labute approximate surface area is 158 Å². The summed E-state index contributed by atoms with van der Waals surface area (Å²) in [4.78, 5) is 22.3. The average molecular weight is 365 g/mol. The maximum Gasteiger partial charge on any atom is 0.261 e. The van der Waals surface area contributed by atoms with E-state index in [9.17, 15) is 4.79 Å². The number of aromatic nitrogens is 5. The van der Waals surface area contributed by atoms with Crippen LogP contribution >= 0.6 is 0 Å². The molecule has 0 radical (unpaired) electrons. The number of rotatable bonds is 2. The van der Waals surface area contributed by atoms with Gasteiger partial charge in [0, 0.05) is 24.4 Å². The molecular formula is C21H27N5O. The molecule has 3 aromatic rings. The van der Waals surface area contributed by atoms with Crippen LogP contribution in [0.3, 0.4) is 0 Å². The van der Waals surface area contributed by atoms with Gasteiger partial charge >= 0.3 is 0 Å². The van der Waals surface area contributed by atoms with E-state index < -0.39 is 0 Å². The van der Waals surface area contributed by atoms with Crippen molar-refractivity contribution in [3.8, 4) is 0 Å². The SMILES string of the molecule is CC1CCCCC1n1ccc2c(cnc3nc(C4CCCCC4)nn32)c1=O. The van der Waals surface area contributed by atoms with E-state index in [1.165, 1.54) is 38.5 Å². The van der Waals surface area contributed by atoms with Crippen LogP contribution in [-0.2, 0) is 0 Å². The van der Waals surface area contributed by atoms with Crippen LogP contribution in [0.4, 0.5) is 0 Å². The van der Waals surface area contributed by atoms with Gasteiger partial charge in [-0.15, -0.1) is 5.10 Å². The molecule has 3 aromatic heterocycles. The lowest BCUT2D eigenvalue weighted by atomic mass is 9.85. The molecule has 2 aliphatic rings. The number of pyridine rings is 1. The van der Waals surface area contributed by atoms with Gasteiger partial charge in [-0.2, -0.15) is 9.50 Å². The van der Waals surface area contributed by atoms with Crippen LogP contribution in [0.15, 0.2) is 23.3 Å². The van der Waals surface area contributed by atoms with Gasteiger partial charge in [0.2, 0.25) is 0 Å². The van der Waals surface area contributed by atoms with E-state index in [1.54, 1.807) is 10.7 Å². The van der Waals surface area contributed by atoms with E-state index in [0.717, 1.165) is 30.6 Å². The lowest BCUT2D eigenvalue weighted by Crippen LogP contribution is -2.30. The molecular weight excluding hydrogens is 338 g/mol. The fraction of sp³-hybridized carbons (Fsp3) is 0.619. The van der Waals surface area contributed by atoms with Crippen molar-refractivity contribution < 1.29 is 0 Å². The van der Waals surface area contributed by atoms with Crippen LogP contribution < -0.4 is 5.56 Å². The Morgan fingerprint density at radius 1 is 1.04 bits per heavy atom. The largest absolute Gasteiger partial charge is 0.312 e. The van der Waals surface area contributed by atoms with E-state index in [-0.39, 0.29) is 5.56 Å². The van der Waals surface area contributed by atoms with Gasteiger partial charge in [-0.1, -0.05) is 39.0 Å². The molecule has 0 spiro atoms. The first-order chi connectivity index (χ1) is 13.2. The summed E-state index contributed by atoms with van der Waals surface area (Å²) in [5, 5.41) is 5.40. The zero-order valence-corrected chi connectivity index (χ0v) is 16.0. The van der Waals surface area contributed by atoms with Gasteiger partial charge in [0.05, 0.1) is 10.9 Å².